The molecular formula is C20H28N6O3. The maximum Gasteiger partial charge on any atom is 0.267 e. The molecule has 6 N–H and O–H groups in total. The van der Waals surface area contributed by atoms with Crippen LogP contribution in [-0.2, 0) is 4.79 Å². The van der Waals surface area contributed by atoms with E-state index in [-0.39, 0.29) is 6.54 Å². The lowest BCUT2D eigenvalue weighted by atomic mass is 10.0. The molecule has 1 atom stereocenters. The monoisotopic (exact) mass is 400 g/mol. The fourth-order valence-corrected chi connectivity index (χ4v) is 2.69. The van der Waals surface area contributed by atoms with Crippen LogP contribution in [0.2, 0.25) is 0 Å². The molecule has 1 aromatic carbocycles. The minimum atomic E-state index is -1.01. The van der Waals surface area contributed by atoms with Crippen molar-refractivity contribution in [3.8, 4) is 11.1 Å². The van der Waals surface area contributed by atoms with Crippen LogP contribution in [-0.4, -0.2) is 61.3 Å². The third kappa shape index (κ3) is 6.24. The van der Waals surface area contributed by atoms with Crippen LogP contribution in [0.15, 0.2) is 42.6 Å². The van der Waals surface area contributed by atoms with E-state index in [0.29, 0.717) is 5.56 Å². The molecule has 1 heterocycles. The van der Waals surface area contributed by atoms with Gasteiger partial charge >= 0.3 is 0 Å². The van der Waals surface area contributed by atoms with Crippen LogP contribution in [0, 0.1) is 0 Å². The fourth-order valence-electron chi connectivity index (χ4n) is 2.69. The van der Waals surface area contributed by atoms with Gasteiger partial charge in [-0.3, -0.25) is 14.8 Å². The van der Waals surface area contributed by atoms with Crippen LogP contribution in [0.5, 0.6) is 0 Å². The Balaban J connectivity index is 2.02. The molecule has 0 aliphatic heterocycles. The Kier molecular flexibility index (Phi) is 8.53. The van der Waals surface area contributed by atoms with Crippen LogP contribution in [0.4, 0.5) is 5.82 Å². The van der Waals surface area contributed by atoms with Gasteiger partial charge in [-0.2, -0.15) is 0 Å². The highest BCUT2D eigenvalue weighted by Gasteiger charge is 2.19. The molecule has 1 aromatic heterocycles. The van der Waals surface area contributed by atoms with E-state index in [0.717, 1.165) is 36.6 Å². The van der Waals surface area contributed by atoms with Crippen molar-refractivity contribution < 1.29 is 14.8 Å². The summed E-state index contributed by atoms with van der Waals surface area (Å²) < 4.78 is 0. The van der Waals surface area contributed by atoms with Crippen molar-refractivity contribution in [2.45, 2.75) is 13.0 Å². The van der Waals surface area contributed by atoms with Crippen LogP contribution in [0.1, 0.15) is 17.3 Å². The van der Waals surface area contributed by atoms with Crippen molar-refractivity contribution >= 4 is 17.6 Å². The maximum atomic E-state index is 12.3. The highest BCUT2D eigenvalue weighted by atomic mass is 16.5. The van der Waals surface area contributed by atoms with E-state index in [2.05, 4.69) is 27.4 Å². The number of pyridine rings is 1. The van der Waals surface area contributed by atoms with Crippen molar-refractivity contribution in [3.05, 3.63) is 48.2 Å². The Hall–Kier alpha value is -3.01. The number of amides is 2. The van der Waals surface area contributed by atoms with Gasteiger partial charge < -0.3 is 21.3 Å². The normalized spacial score (nSPS) is 11.6. The lowest BCUT2D eigenvalue weighted by Crippen LogP contribution is -2.50. The number of hydroxylamine groups is 1. The van der Waals surface area contributed by atoms with Gasteiger partial charge in [-0.15, -0.1) is 0 Å². The van der Waals surface area contributed by atoms with Crippen LogP contribution in [0.25, 0.3) is 11.1 Å². The van der Waals surface area contributed by atoms with E-state index in [4.69, 9.17) is 10.9 Å². The summed E-state index contributed by atoms with van der Waals surface area (Å²) in [7, 11) is 2.00. The average Bonchev–Trinajstić information content (AvgIpc) is 2.77. The second-order valence-corrected chi connectivity index (χ2v) is 6.50. The van der Waals surface area contributed by atoms with Gasteiger partial charge in [-0.1, -0.05) is 19.1 Å². The molecule has 0 fully saturated rings. The average molecular weight is 400 g/mol. The maximum absolute atomic E-state index is 12.3. The van der Waals surface area contributed by atoms with Crippen LogP contribution >= 0.6 is 0 Å². The van der Waals surface area contributed by atoms with E-state index in [1.807, 2.05) is 31.3 Å². The first-order chi connectivity index (χ1) is 14.0. The minimum Gasteiger partial charge on any atom is -0.358 e. The summed E-state index contributed by atoms with van der Waals surface area (Å²) in [4.78, 5) is 30.3. The standard InChI is InChI=1S/C20H28N6O3/c1-3-22-10-11-26(2)18-9-8-16(13-23-18)14-4-6-15(7-5-14)19(27)24-17(12-21)20(28)25-29/h4-9,13,17,22,29H,3,10-12,21H2,1-2H3,(H,24,27)(H,25,28)/t17-/m0/s1. The molecule has 0 saturated carbocycles. The Morgan fingerprint density at radius 2 is 1.86 bits per heavy atom. The molecule has 0 radical (unpaired) electrons. The minimum absolute atomic E-state index is 0.128. The summed E-state index contributed by atoms with van der Waals surface area (Å²) in [6, 6.07) is 9.87. The smallest absolute Gasteiger partial charge is 0.267 e. The van der Waals surface area contributed by atoms with Crippen LogP contribution in [0.3, 0.4) is 0 Å². The number of rotatable bonds is 10. The molecule has 0 unspecified atom stereocenters. The number of likely N-dealkylation sites (N-methyl/N-ethyl adjacent to an activating group) is 2. The zero-order valence-electron chi connectivity index (χ0n) is 16.7. The predicted octanol–water partition coefficient (Wildman–Crippen LogP) is 0.357. The molecule has 0 spiro atoms. The van der Waals surface area contributed by atoms with Crippen molar-refractivity contribution in [2.24, 2.45) is 5.73 Å². The highest BCUT2D eigenvalue weighted by Crippen LogP contribution is 2.21. The Morgan fingerprint density at radius 1 is 1.17 bits per heavy atom. The van der Waals surface area contributed by atoms with E-state index in [1.165, 1.54) is 5.48 Å². The summed E-state index contributed by atoms with van der Waals surface area (Å²) in [5.41, 5.74) is 9.15. The third-order valence-electron chi connectivity index (χ3n) is 4.46. The number of nitrogens with zero attached hydrogens (tertiary/aromatic N) is 2. The van der Waals surface area contributed by atoms with Gasteiger partial charge in [0.1, 0.15) is 11.9 Å². The molecule has 0 aliphatic carbocycles. The zero-order chi connectivity index (χ0) is 21.2. The van der Waals surface area contributed by atoms with Crippen molar-refractivity contribution in [3.63, 3.8) is 0 Å². The van der Waals surface area contributed by atoms with E-state index in [9.17, 15) is 9.59 Å². The number of hydrogen-bond donors (Lipinski definition) is 5. The number of nitrogens with two attached hydrogens (primary N) is 1. The second-order valence-electron chi connectivity index (χ2n) is 6.50. The molecule has 0 saturated heterocycles. The first-order valence-electron chi connectivity index (χ1n) is 9.43. The molecule has 2 aromatic rings. The Labute approximate surface area is 170 Å². The quantitative estimate of drug-likeness (QED) is 0.221. The number of nitrogens with one attached hydrogen (secondary N) is 3. The number of carbonyl (C=O) groups is 2. The number of anilines is 1. The van der Waals surface area contributed by atoms with E-state index in [1.54, 1.807) is 18.3 Å². The SMILES string of the molecule is CCNCCN(C)c1ccc(-c2ccc(C(=O)N[C@@H](CN)C(=O)NO)cc2)cn1. The molecule has 9 nitrogen and oxygen atoms in total. The molecular weight excluding hydrogens is 372 g/mol. The van der Waals surface area contributed by atoms with Crippen molar-refractivity contribution in [1.82, 2.24) is 21.1 Å². The molecule has 156 valence electrons. The fraction of sp³-hybridized carbons (Fsp3) is 0.350. The summed E-state index contributed by atoms with van der Waals surface area (Å²) in [6.07, 6.45) is 1.80. The van der Waals surface area contributed by atoms with Gasteiger partial charge in [0.05, 0.1) is 0 Å². The predicted molar refractivity (Wildman–Crippen MR) is 112 cm³/mol. The van der Waals surface area contributed by atoms with Gasteiger partial charge in [0.2, 0.25) is 0 Å². The molecule has 2 rings (SSSR count). The van der Waals surface area contributed by atoms with Crippen LogP contribution < -0.4 is 26.7 Å². The molecule has 29 heavy (non-hydrogen) atoms. The van der Waals surface area contributed by atoms with Crippen molar-refractivity contribution in [2.75, 3.05) is 38.1 Å². The zero-order valence-corrected chi connectivity index (χ0v) is 16.7. The van der Waals surface area contributed by atoms with Gasteiger partial charge in [-0.25, -0.2) is 10.5 Å². The van der Waals surface area contributed by atoms with Gasteiger partial charge in [0, 0.05) is 44.0 Å². The first-order valence-corrected chi connectivity index (χ1v) is 9.43. The summed E-state index contributed by atoms with van der Waals surface area (Å²) in [5.74, 6) is -0.330. The first kappa shape index (κ1) is 22.3. The van der Waals surface area contributed by atoms with Gasteiger partial charge in [0.25, 0.3) is 11.8 Å². The second kappa shape index (κ2) is 11.1. The summed E-state index contributed by atoms with van der Waals surface area (Å²) in [6.45, 7) is 4.64. The number of carbonyl (C=O) groups excluding carboxylic acids is 2. The van der Waals surface area contributed by atoms with Crippen molar-refractivity contribution in [1.29, 1.82) is 0 Å². The lowest BCUT2D eigenvalue weighted by Gasteiger charge is -2.18. The Bertz CT molecular complexity index is 795. The topological polar surface area (TPSA) is 133 Å². The molecule has 2 amide bonds. The molecule has 0 bridgehead atoms. The third-order valence-corrected chi connectivity index (χ3v) is 4.46. The number of hydrogen-bond acceptors (Lipinski definition) is 7. The summed E-state index contributed by atoms with van der Waals surface area (Å²) in [5, 5.41) is 14.4. The molecule has 0 aliphatic rings. The summed E-state index contributed by atoms with van der Waals surface area (Å²) >= 11 is 0. The van der Waals surface area contributed by atoms with E-state index < -0.39 is 17.9 Å². The number of benzene rings is 1. The Morgan fingerprint density at radius 3 is 2.41 bits per heavy atom. The van der Waals surface area contributed by atoms with E-state index >= 15 is 0 Å². The van der Waals surface area contributed by atoms with Gasteiger partial charge in [-0.05, 0) is 36.4 Å². The number of aromatic nitrogens is 1. The largest absolute Gasteiger partial charge is 0.358 e. The molecule has 9 heteroatoms. The lowest BCUT2D eigenvalue weighted by molar-refractivity contribution is -0.130. The van der Waals surface area contributed by atoms with Gasteiger partial charge in [0.15, 0.2) is 0 Å². The highest BCUT2D eigenvalue weighted by molar-refractivity contribution is 5.97.